The van der Waals surface area contributed by atoms with Crippen LogP contribution >= 0.6 is 0 Å². The van der Waals surface area contributed by atoms with E-state index in [2.05, 4.69) is 10.7 Å². The standard InChI is InChI=1S/C24H21N3O3/c1-24(20-10-6-3-7-11-20)22(29)27(23(30)25-24)26-21(28)16-17-12-14-19(15-13-17)18-8-4-2-5-9-18/h2-15H,16H2,1H3,(H,25,30)(H,26,28)/t24-/m0/s1. The lowest BCUT2D eigenvalue weighted by Crippen LogP contribution is -2.48. The van der Waals surface area contributed by atoms with Crippen molar-refractivity contribution in [1.82, 2.24) is 15.8 Å². The number of amides is 4. The Morgan fingerprint density at radius 3 is 2.07 bits per heavy atom. The lowest BCUT2D eigenvalue weighted by Gasteiger charge is -2.22. The molecule has 3 aromatic rings. The molecule has 3 aromatic carbocycles. The summed E-state index contributed by atoms with van der Waals surface area (Å²) < 4.78 is 0. The first-order valence-electron chi connectivity index (χ1n) is 9.63. The Hall–Kier alpha value is -3.93. The van der Waals surface area contributed by atoms with E-state index in [1.807, 2.05) is 60.7 Å². The second-order valence-electron chi connectivity index (χ2n) is 7.34. The van der Waals surface area contributed by atoms with Crippen molar-refractivity contribution in [1.29, 1.82) is 0 Å². The minimum atomic E-state index is -1.22. The molecular formula is C24H21N3O3. The predicted molar refractivity (Wildman–Crippen MR) is 113 cm³/mol. The summed E-state index contributed by atoms with van der Waals surface area (Å²) in [7, 11) is 0. The van der Waals surface area contributed by atoms with Crippen molar-refractivity contribution in [3.05, 3.63) is 96.1 Å². The molecule has 1 atom stereocenters. The van der Waals surface area contributed by atoms with Gasteiger partial charge < -0.3 is 5.32 Å². The van der Waals surface area contributed by atoms with Crippen molar-refractivity contribution < 1.29 is 14.4 Å². The van der Waals surface area contributed by atoms with Crippen molar-refractivity contribution in [2.24, 2.45) is 0 Å². The van der Waals surface area contributed by atoms with Gasteiger partial charge in [-0.2, -0.15) is 5.01 Å². The highest BCUT2D eigenvalue weighted by Gasteiger charge is 2.49. The molecule has 1 aliphatic heterocycles. The summed E-state index contributed by atoms with van der Waals surface area (Å²) in [4.78, 5) is 37.7. The summed E-state index contributed by atoms with van der Waals surface area (Å²) >= 11 is 0. The van der Waals surface area contributed by atoms with Gasteiger partial charge in [0, 0.05) is 0 Å². The minimum Gasteiger partial charge on any atom is -0.318 e. The molecule has 30 heavy (non-hydrogen) atoms. The summed E-state index contributed by atoms with van der Waals surface area (Å²) in [5, 5.41) is 3.42. The third-order valence-corrected chi connectivity index (χ3v) is 5.20. The zero-order valence-corrected chi connectivity index (χ0v) is 16.5. The number of benzene rings is 3. The maximum Gasteiger partial charge on any atom is 0.344 e. The minimum absolute atomic E-state index is 0.0498. The highest BCUT2D eigenvalue weighted by Crippen LogP contribution is 2.27. The zero-order valence-electron chi connectivity index (χ0n) is 16.5. The van der Waals surface area contributed by atoms with Crippen LogP contribution in [0.1, 0.15) is 18.1 Å². The first-order valence-corrected chi connectivity index (χ1v) is 9.63. The fourth-order valence-electron chi connectivity index (χ4n) is 3.50. The summed E-state index contributed by atoms with van der Waals surface area (Å²) in [6.07, 6.45) is 0.0498. The molecular weight excluding hydrogens is 378 g/mol. The van der Waals surface area contributed by atoms with Gasteiger partial charge in [-0.15, -0.1) is 0 Å². The molecule has 0 spiro atoms. The number of nitrogens with one attached hydrogen (secondary N) is 2. The molecule has 1 aliphatic rings. The maximum absolute atomic E-state index is 12.9. The SMILES string of the molecule is C[C@@]1(c2ccccc2)NC(=O)N(NC(=O)Cc2ccc(-c3ccccc3)cc2)C1=O. The number of rotatable bonds is 5. The summed E-state index contributed by atoms with van der Waals surface area (Å²) in [6, 6.07) is 25.8. The van der Waals surface area contributed by atoms with Crippen LogP contribution in [0.5, 0.6) is 0 Å². The highest BCUT2D eigenvalue weighted by molar-refractivity contribution is 6.08. The molecule has 4 amide bonds. The molecule has 4 rings (SSSR count). The van der Waals surface area contributed by atoms with Crippen molar-refractivity contribution in [3.63, 3.8) is 0 Å². The number of imide groups is 1. The number of carbonyl (C=O) groups is 3. The predicted octanol–water partition coefficient (Wildman–Crippen LogP) is 3.39. The van der Waals surface area contributed by atoms with E-state index in [9.17, 15) is 14.4 Å². The van der Waals surface area contributed by atoms with Crippen LogP contribution < -0.4 is 10.7 Å². The summed E-state index contributed by atoms with van der Waals surface area (Å²) in [5.41, 5.74) is 4.78. The van der Waals surface area contributed by atoms with Gasteiger partial charge in [0.15, 0.2) is 0 Å². The van der Waals surface area contributed by atoms with Crippen LogP contribution in [0.25, 0.3) is 11.1 Å². The number of nitrogens with zero attached hydrogens (tertiary/aromatic N) is 1. The fourth-order valence-corrected chi connectivity index (χ4v) is 3.50. The second kappa shape index (κ2) is 7.83. The number of hydrazine groups is 1. The van der Waals surface area contributed by atoms with Crippen LogP contribution in [0.2, 0.25) is 0 Å². The fraction of sp³-hybridized carbons (Fsp3) is 0.125. The topological polar surface area (TPSA) is 78.5 Å². The number of hydrogen-bond acceptors (Lipinski definition) is 3. The van der Waals surface area contributed by atoms with Gasteiger partial charge in [0.25, 0.3) is 5.91 Å². The third-order valence-electron chi connectivity index (χ3n) is 5.20. The molecule has 1 heterocycles. The maximum atomic E-state index is 12.9. The van der Waals surface area contributed by atoms with Gasteiger partial charge in [-0.1, -0.05) is 84.9 Å². The molecule has 1 fully saturated rings. The molecule has 0 radical (unpaired) electrons. The Kier molecular flexibility index (Phi) is 5.06. The smallest absolute Gasteiger partial charge is 0.318 e. The zero-order chi connectivity index (χ0) is 21.1. The summed E-state index contributed by atoms with van der Waals surface area (Å²) in [5.74, 6) is -0.963. The lowest BCUT2D eigenvalue weighted by molar-refractivity contribution is -0.138. The summed E-state index contributed by atoms with van der Waals surface area (Å²) in [6.45, 7) is 1.62. The molecule has 6 nitrogen and oxygen atoms in total. The van der Waals surface area contributed by atoms with E-state index < -0.39 is 23.4 Å². The number of carbonyl (C=O) groups excluding carboxylic acids is 3. The van der Waals surface area contributed by atoms with Gasteiger partial charge in [-0.25, -0.2) is 4.79 Å². The van der Waals surface area contributed by atoms with Gasteiger partial charge in [-0.3, -0.25) is 15.0 Å². The first kappa shape index (κ1) is 19.4. The average Bonchev–Trinajstić information content (AvgIpc) is 2.99. The van der Waals surface area contributed by atoms with Gasteiger partial charge in [0.05, 0.1) is 6.42 Å². The number of urea groups is 1. The quantitative estimate of drug-likeness (QED) is 0.646. The first-order chi connectivity index (χ1) is 14.5. The molecule has 0 bridgehead atoms. The molecule has 0 aromatic heterocycles. The van der Waals surface area contributed by atoms with Crippen LogP contribution in [0, 0.1) is 0 Å². The van der Waals surface area contributed by atoms with E-state index in [1.54, 1.807) is 31.2 Å². The van der Waals surface area contributed by atoms with Gasteiger partial charge in [-0.05, 0) is 29.2 Å². The van der Waals surface area contributed by atoms with Crippen LogP contribution in [0.15, 0.2) is 84.9 Å². The largest absolute Gasteiger partial charge is 0.344 e. The van der Waals surface area contributed by atoms with Crippen molar-refractivity contribution >= 4 is 17.8 Å². The molecule has 1 saturated heterocycles. The molecule has 0 saturated carbocycles. The van der Waals surface area contributed by atoms with E-state index in [4.69, 9.17) is 0 Å². The molecule has 6 heteroatoms. The van der Waals surface area contributed by atoms with Crippen LogP contribution in [-0.4, -0.2) is 22.9 Å². The van der Waals surface area contributed by atoms with Crippen LogP contribution in [-0.2, 0) is 21.5 Å². The van der Waals surface area contributed by atoms with E-state index >= 15 is 0 Å². The van der Waals surface area contributed by atoms with Crippen LogP contribution in [0.3, 0.4) is 0 Å². The van der Waals surface area contributed by atoms with Gasteiger partial charge >= 0.3 is 6.03 Å². The Balaban J connectivity index is 1.43. The van der Waals surface area contributed by atoms with E-state index in [0.717, 1.165) is 21.7 Å². The van der Waals surface area contributed by atoms with E-state index in [1.165, 1.54) is 0 Å². The molecule has 2 N–H and O–H groups in total. The van der Waals surface area contributed by atoms with E-state index in [-0.39, 0.29) is 6.42 Å². The Labute approximate surface area is 174 Å². The molecule has 150 valence electrons. The average molecular weight is 399 g/mol. The van der Waals surface area contributed by atoms with Crippen LogP contribution in [0.4, 0.5) is 4.79 Å². The Morgan fingerprint density at radius 2 is 1.43 bits per heavy atom. The Morgan fingerprint density at radius 1 is 0.867 bits per heavy atom. The third kappa shape index (κ3) is 3.67. The van der Waals surface area contributed by atoms with Gasteiger partial charge in [0.1, 0.15) is 5.54 Å². The van der Waals surface area contributed by atoms with E-state index in [0.29, 0.717) is 5.56 Å². The second-order valence-corrected chi connectivity index (χ2v) is 7.34. The van der Waals surface area contributed by atoms with Crippen molar-refractivity contribution in [2.75, 3.05) is 0 Å². The highest BCUT2D eigenvalue weighted by atomic mass is 16.2. The molecule has 0 aliphatic carbocycles. The monoisotopic (exact) mass is 399 g/mol. The van der Waals surface area contributed by atoms with Crippen molar-refractivity contribution in [2.45, 2.75) is 18.9 Å². The van der Waals surface area contributed by atoms with Gasteiger partial charge in [0.2, 0.25) is 5.91 Å². The van der Waals surface area contributed by atoms with Crippen molar-refractivity contribution in [3.8, 4) is 11.1 Å². The Bertz CT molecular complexity index is 1080. The number of hydrogen-bond donors (Lipinski definition) is 2. The normalized spacial score (nSPS) is 18.2. The lowest BCUT2D eigenvalue weighted by atomic mass is 9.92. The molecule has 0 unspecified atom stereocenters.